The van der Waals surface area contributed by atoms with Crippen molar-refractivity contribution in [2.75, 3.05) is 26.4 Å². The maximum Gasteiger partial charge on any atom is 0.472 e. The van der Waals surface area contributed by atoms with Gasteiger partial charge in [0.2, 0.25) is 5.91 Å². The van der Waals surface area contributed by atoms with Gasteiger partial charge in [-0.15, -0.1) is 0 Å². The van der Waals surface area contributed by atoms with Crippen LogP contribution in [0, 0.1) is 0 Å². The summed E-state index contributed by atoms with van der Waals surface area (Å²) in [6, 6.07) is 0. The summed E-state index contributed by atoms with van der Waals surface area (Å²) in [4.78, 5) is 34.0. The number of phosphoric ester groups is 1. The van der Waals surface area contributed by atoms with Gasteiger partial charge in [-0.05, 0) is 51.4 Å². The van der Waals surface area contributed by atoms with E-state index in [-0.39, 0.29) is 32.1 Å². The van der Waals surface area contributed by atoms with Gasteiger partial charge in [-0.1, -0.05) is 198 Å². The molecule has 0 aromatic heterocycles. The van der Waals surface area contributed by atoms with E-state index >= 15 is 0 Å². The first kappa shape index (κ1) is 56.2. The Morgan fingerprint density at radius 2 is 0.931 bits per heavy atom. The van der Waals surface area contributed by atoms with Crippen molar-refractivity contribution < 1.29 is 37.9 Å². The zero-order valence-electron chi connectivity index (χ0n) is 37.5. The van der Waals surface area contributed by atoms with Gasteiger partial charge < -0.3 is 20.1 Å². The lowest BCUT2D eigenvalue weighted by molar-refractivity contribution is -0.147. The number of aliphatic hydroxyl groups is 1. The van der Waals surface area contributed by atoms with Gasteiger partial charge in [0.05, 0.1) is 13.2 Å². The molecule has 3 N–H and O–H groups in total. The average molecular weight is 840 g/mol. The van der Waals surface area contributed by atoms with Gasteiger partial charge in [0.1, 0.15) is 12.7 Å². The maximum absolute atomic E-state index is 12.1. The Labute approximate surface area is 356 Å². The molecule has 0 fully saturated rings. The number of aliphatic hydroxyl groups excluding tert-OH is 1. The van der Waals surface area contributed by atoms with Gasteiger partial charge in [-0.25, -0.2) is 4.57 Å². The molecule has 0 aliphatic carbocycles. The Morgan fingerprint density at radius 3 is 1.43 bits per heavy atom. The van der Waals surface area contributed by atoms with Crippen molar-refractivity contribution in [1.29, 1.82) is 0 Å². The van der Waals surface area contributed by atoms with Crippen LogP contribution in [0.5, 0.6) is 0 Å². The first-order chi connectivity index (χ1) is 28.3. The lowest BCUT2D eigenvalue weighted by Crippen LogP contribution is -2.27. The van der Waals surface area contributed by atoms with Crippen molar-refractivity contribution in [3.8, 4) is 0 Å². The second-order valence-corrected chi connectivity index (χ2v) is 17.5. The number of allylic oxidation sites excluding steroid dienone is 6. The molecule has 0 radical (unpaired) electrons. The molecule has 0 aliphatic rings. The predicted octanol–water partition coefficient (Wildman–Crippen LogP) is 13.7. The molecule has 340 valence electrons. The molecule has 0 saturated heterocycles. The van der Waals surface area contributed by atoms with Crippen molar-refractivity contribution in [1.82, 2.24) is 5.32 Å². The van der Waals surface area contributed by atoms with E-state index in [1.54, 1.807) is 0 Å². The lowest BCUT2D eigenvalue weighted by Gasteiger charge is -2.15. The zero-order valence-corrected chi connectivity index (χ0v) is 38.4. The molecule has 0 aromatic carbocycles. The van der Waals surface area contributed by atoms with Crippen LogP contribution >= 0.6 is 7.82 Å². The monoisotopic (exact) mass is 840 g/mol. The summed E-state index contributed by atoms with van der Waals surface area (Å²) in [6.45, 7) is 3.54. The smallest absolute Gasteiger partial charge is 0.463 e. The fourth-order valence-corrected chi connectivity index (χ4v) is 7.44. The second-order valence-electron chi connectivity index (χ2n) is 16.1. The van der Waals surface area contributed by atoms with E-state index in [0.717, 1.165) is 64.2 Å². The Kier molecular flexibility index (Phi) is 43.4. The molecular formula is C48H90NO8P. The summed E-state index contributed by atoms with van der Waals surface area (Å²) in [5.41, 5.74) is 0. The van der Waals surface area contributed by atoms with E-state index in [1.807, 2.05) is 0 Å². The predicted molar refractivity (Wildman–Crippen MR) is 243 cm³/mol. The highest BCUT2D eigenvalue weighted by Crippen LogP contribution is 2.42. The van der Waals surface area contributed by atoms with Crippen molar-refractivity contribution in [3.05, 3.63) is 36.5 Å². The topological polar surface area (TPSA) is 131 Å². The molecule has 0 aliphatic heterocycles. The molecule has 0 rings (SSSR count). The van der Waals surface area contributed by atoms with Crippen LogP contribution in [-0.2, 0) is 27.9 Å². The Morgan fingerprint density at radius 1 is 0.534 bits per heavy atom. The van der Waals surface area contributed by atoms with Gasteiger partial charge >= 0.3 is 13.8 Å². The van der Waals surface area contributed by atoms with E-state index in [9.17, 15) is 24.2 Å². The number of amides is 1. The van der Waals surface area contributed by atoms with Crippen LogP contribution in [0.25, 0.3) is 0 Å². The molecule has 0 heterocycles. The fraction of sp³-hybridized carbons (Fsp3) is 0.833. The molecule has 0 saturated carbocycles. The summed E-state index contributed by atoms with van der Waals surface area (Å²) in [6.07, 6.45) is 50.7. The molecule has 2 atom stereocenters. The Hall–Kier alpha value is -1.77. The number of unbranched alkanes of at least 4 members (excludes halogenated alkanes) is 26. The van der Waals surface area contributed by atoms with E-state index in [0.29, 0.717) is 6.42 Å². The third-order valence-electron chi connectivity index (χ3n) is 10.3. The summed E-state index contributed by atoms with van der Waals surface area (Å²) < 4.78 is 26.9. The van der Waals surface area contributed by atoms with Crippen LogP contribution in [0.2, 0.25) is 0 Å². The highest BCUT2D eigenvalue weighted by Gasteiger charge is 2.23. The van der Waals surface area contributed by atoms with E-state index in [4.69, 9.17) is 13.8 Å². The Balaban J connectivity index is 3.58. The normalized spacial score (nSPS) is 13.5. The summed E-state index contributed by atoms with van der Waals surface area (Å²) >= 11 is 0. The van der Waals surface area contributed by atoms with E-state index < -0.39 is 26.5 Å². The third kappa shape index (κ3) is 45.3. The SMILES string of the molecule is CCCCC/C=C\C/C=C\C/C=C\CCCCCCCCC(=O)OCC(O)COP(=O)(O)OCCNC(=O)CCCCCCCCCCCCCCCCCCCC. The third-order valence-corrected chi connectivity index (χ3v) is 11.3. The molecular weight excluding hydrogens is 750 g/mol. The number of carbonyl (C=O) groups is 2. The molecule has 58 heavy (non-hydrogen) atoms. The molecule has 0 aromatic rings. The van der Waals surface area contributed by atoms with E-state index in [1.165, 1.54) is 135 Å². The van der Waals surface area contributed by atoms with Crippen LogP contribution in [0.1, 0.15) is 226 Å². The fourth-order valence-electron chi connectivity index (χ4n) is 6.68. The number of phosphoric acid groups is 1. The molecule has 10 heteroatoms. The molecule has 0 spiro atoms. The highest BCUT2D eigenvalue weighted by atomic mass is 31.2. The number of nitrogens with one attached hydrogen (secondary N) is 1. The Bertz CT molecular complexity index is 1050. The first-order valence-corrected chi connectivity index (χ1v) is 25.5. The number of esters is 1. The lowest BCUT2D eigenvalue weighted by atomic mass is 10.0. The minimum absolute atomic E-state index is 0.0826. The van der Waals surface area contributed by atoms with Crippen LogP contribution in [-0.4, -0.2) is 54.3 Å². The standard InChI is InChI=1S/C48H90NO8P/c1-3-5-7-9-11-13-15-17-19-21-23-25-27-29-31-33-35-37-39-41-48(52)55-44-46(50)45-57-58(53,54)56-43-42-49-47(51)40-38-36-34-32-30-28-26-24-22-20-18-16-14-12-10-8-6-4-2/h11,13,17,19,23,25,46,50H,3-10,12,14-16,18,20-22,24,26-45H2,1-2H3,(H,49,51)(H,53,54)/b13-11-,19-17-,25-23-. The van der Waals surface area contributed by atoms with Gasteiger partial charge in [0.15, 0.2) is 0 Å². The van der Waals surface area contributed by atoms with Crippen molar-refractivity contribution in [2.24, 2.45) is 0 Å². The van der Waals surface area contributed by atoms with Gasteiger partial charge in [-0.2, -0.15) is 0 Å². The number of carbonyl (C=O) groups excluding carboxylic acids is 2. The number of hydrogen-bond acceptors (Lipinski definition) is 7. The summed E-state index contributed by atoms with van der Waals surface area (Å²) in [7, 11) is -4.42. The van der Waals surface area contributed by atoms with Crippen molar-refractivity contribution in [2.45, 2.75) is 232 Å². The highest BCUT2D eigenvalue weighted by molar-refractivity contribution is 7.47. The number of hydrogen-bond donors (Lipinski definition) is 3. The first-order valence-electron chi connectivity index (χ1n) is 24.0. The quantitative estimate of drug-likeness (QED) is 0.0239. The van der Waals surface area contributed by atoms with E-state index in [2.05, 4.69) is 55.6 Å². The summed E-state index contributed by atoms with van der Waals surface area (Å²) in [5, 5.41) is 12.7. The largest absolute Gasteiger partial charge is 0.472 e. The minimum Gasteiger partial charge on any atom is -0.463 e. The average Bonchev–Trinajstić information content (AvgIpc) is 3.21. The molecule has 0 bridgehead atoms. The van der Waals surface area contributed by atoms with Gasteiger partial charge in [0, 0.05) is 19.4 Å². The van der Waals surface area contributed by atoms with Crippen molar-refractivity contribution >= 4 is 19.7 Å². The molecule has 2 unspecified atom stereocenters. The second kappa shape index (κ2) is 44.8. The molecule has 1 amide bonds. The van der Waals surface area contributed by atoms with Crippen LogP contribution in [0.4, 0.5) is 0 Å². The number of rotatable bonds is 45. The zero-order chi connectivity index (χ0) is 42.5. The maximum atomic E-state index is 12.1. The van der Waals surface area contributed by atoms with Crippen molar-refractivity contribution in [3.63, 3.8) is 0 Å². The van der Waals surface area contributed by atoms with Crippen LogP contribution < -0.4 is 5.32 Å². The van der Waals surface area contributed by atoms with Gasteiger partial charge in [0.25, 0.3) is 0 Å². The minimum atomic E-state index is -4.42. The number of ether oxygens (including phenoxy) is 1. The summed E-state index contributed by atoms with van der Waals surface area (Å²) in [5.74, 6) is -0.522. The van der Waals surface area contributed by atoms with Crippen LogP contribution in [0.3, 0.4) is 0 Å². The van der Waals surface area contributed by atoms with Gasteiger partial charge in [-0.3, -0.25) is 18.6 Å². The molecule has 9 nitrogen and oxygen atoms in total. The van der Waals surface area contributed by atoms with Crippen LogP contribution in [0.15, 0.2) is 36.5 Å².